The Morgan fingerprint density at radius 3 is 2.74 bits per heavy atom. The Hall–Kier alpha value is -2.22. The Morgan fingerprint density at radius 2 is 2.05 bits per heavy atom. The van der Waals surface area contributed by atoms with Gasteiger partial charge in [-0.05, 0) is 12.5 Å². The van der Waals surface area contributed by atoms with Crippen LogP contribution in [0.1, 0.15) is 6.42 Å². The third-order valence-corrected chi connectivity index (χ3v) is 2.48. The summed E-state index contributed by atoms with van der Waals surface area (Å²) in [6.07, 6.45) is 4.26. The van der Waals surface area contributed by atoms with E-state index in [9.17, 15) is 8.78 Å². The number of hydrogen-bond acceptors (Lipinski definition) is 5. The molecule has 2 aromatic heterocycles. The number of nitrogen functional groups attached to an aromatic ring is 1. The van der Waals surface area contributed by atoms with Crippen LogP contribution >= 0.6 is 0 Å². The summed E-state index contributed by atoms with van der Waals surface area (Å²) in [5.74, 6) is 3.26. The number of hydrazine groups is 1. The quantitative estimate of drug-likeness (QED) is 0.418. The van der Waals surface area contributed by atoms with Gasteiger partial charge in [0.25, 0.3) is 0 Å². The predicted octanol–water partition coefficient (Wildman–Crippen LogP) is 1.34. The van der Waals surface area contributed by atoms with Crippen LogP contribution in [0.5, 0.6) is 0 Å². The average molecular weight is 268 g/mol. The summed E-state index contributed by atoms with van der Waals surface area (Å²) in [5.41, 5.74) is 2.07. The van der Waals surface area contributed by atoms with Crippen molar-refractivity contribution in [3.63, 3.8) is 0 Å². The molecular weight excluding hydrogens is 254 g/mol. The molecule has 6 nitrogen and oxygen atoms in total. The van der Waals surface area contributed by atoms with Gasteiger partial charge in [0.1, 0.15) is 0 Å². The van der Waals surface area contributed by atoms with Gasteiger partial charge in [0.15, 0.2) is 23.3 Å². The van der Waals surface area contributed by atoms with E-state index < -0.39 is 11.6 Å². The highest BCUT2D eigenvalue weighted by atomic mass is 19.1. The van der Waals surface area contributed by atoms with Gasteiger partial charge in [0.05, 0.1) is 0 Å². The lowest BCUT2D eigenvalue weighted by Gasteiger charge is -2.09. The summed E-state index contributed by atoms with van der Waals surface area (Å²) in [6.45, 7) is 1.18. The largest absolute Gasteiger partial charge is 0.367 e. The Kier molecular flexibility index (Phi) is 4.24. The maximum Gasteiger partial charge on any atom is 0.178 e. The summed E-state index contributed by atoms with van der Waals surface area (Å²) in [7, 11) is 0. The maximum absolute atomic E-state index is 13.4. The highest BCUT2D eigenvalue weighted by molar-refractivity contribution is 5.46. The van der Waals surface area contributed by atoms with Crippen LogP contribution < -0.4 is 16.6 Å². The van der Waals surface area contributed by atoms with Crippen LogP contribution in [0.3, 0.4) is 0 Å². The zero-order chi connectivity index (χ0) is 13.7. The molecule has 2 rings (SSSR count). The second kappa shape index (κ2) is 6.10. The number of aryl methyl sites for hydroxylation is 1. The molecule has 0 bridgehead atoms. The molecule has 0 aliphatic rings. The van der Waals surface area contributed by atoms with Crippen LogP contribution in [0, 0.1) is 11.6 Å². The summed E-state index contributed by atoms with van der Waals surface area (Å²) in [5, 5.41) is 6.83. The first-order valence-corrected chi connectivity index (χ1v) is 5.74. The molecule has 0 unspecified atom stereocenters. The Bertz CT molecular complexity index is 528. The number of nitrogens with zero attached hydrogens (tertiary/aromatic N) is 3. The van der Waals surface area contributed by atoms with E-state index in [1.807, 2.05) is 12.3 Å². The molecule has 0 aliphatic carbocycles. The molecular formula is C11H14F2N6. The van der Waals surface area contributed by atoms with E-state index in [-0.39, 0.29) is 11.6 Å². The fraction of sp³-hybridized carbons (Fsp3) is 0.273. The lowest BCUT2D eigenvalue weighted by Crippen LogP contribution is -2.14. The molecule has 8 heteroatoms. The number of hydrogen-bond donors (Lipinski definition) is 3. The number of nitrogens with one attached hydrogen (secondary N) is 2. The van der Waals surface area contributed by atoms with Gasteiger partial charge in [-0.1, -0.05) is 0 Å². The fourth-order valence-corrected chi connectivity index (χ4v) is 1.57. The van der Waals surface area contributed by atoms with Crippen molar-refractivity contribution < 1.29 is 8.78 Å². The SMILES string of the molecule is NNc1nc(NCCCn2cccn2)c(F)cc1F. The monoisotopic (exact) mass is 268 g/mol. The first kappa shape index (κ1) is 13.2. The van der Waals surface area contributed by atoms with Crippen LogP contribution in [0.15, 0.2) is 24.5 Å². The van der Waals surface area contributed by atoms with Gasteiger partial charge in [-0.3, -0.25) is 4.68 Å². The minimum absolute atomic E-state index is 0.0326. The van der Waals surface area contributed by atoms with E-state index in [0.717, 1.165) is 12.5 Å². The van der Waals surface area contributed by atoms with E-state index in [4.69, 9.17) is 5.84 Å². The normalized spacial score (nSPS) is 10.5. The second-order valence-corrected chi connectivity index (χ2v) is 3.84. The van der Waals surface area contributed by atoms with Crippen LogP contribution in [0.2, 0.25) is 0 Å². The van der Waals surface area contributed by atoms with Gasteiger partial charge in [0.2, 0.25) is 0 Å². The zero-order valence-electron chi connectivity index (χ0n) is 10.1. The van der Waals surface area contributed by atoms with Gasteiger partial charge in [-0.2, -0.15) is 5.10 Å². The average Bonchev–Trinajstić information content (AvgIpc) is 2.90. The summed E-state index contributed by atoms with van der Waals surface area (Å²) in [6, 6.07) is 2.56. The van der Waals surface area contributed by atoms with Crippen molar-refractivity contribution in [1.82, 2.24) is 14.8 Å². The van der Waals surface area contributed by atoms with Crippen LogP contribution in [0.4, 0.5) is 20.4 Å². The van der Waals surface area contributed by atoms with Gasteiger partial charge >= 0.3 is 0 Å². The highest BCUT2D eigenvalue weighted by Crippen LogP contribution is 2.17. The van der Waals surface area contributed by atoms with Crippen molar-refractivity contribution >= 4 is 11.6 Å². The Labute approximate surface area is 108 Å². The molecule has 19 heavy (non-hydrogen) atoms. The van der Waals surface area contributed by atoms with Crippen molar-refractivity contribution in [2.24, 2.45) is 5.84 Å². The van der Waals surface area contributed by atoms with E-state index in [0.29, 0.717) is 13.1 Å². The second-order valence-electron chi connectivity index (χ2n) is 3.84. The van der Waals surface area contributed by atoms with E-state index >= 15 is 0 Å². The zero-order valence-corrected chi connectivity index (χ0v) is 10.1. The number of aromatic nitrogens is 3. The smallest absolute Gasteiger partial charge is 0.178 e. The maximum atomic E-state index is 13.4. The van der Waals surface area contributed by atoms with E-state index in [1.165, 1.54) is 0 Å². The predicted molar refractivity (Wildman–Crippen MR) is 67.3 cm³/mol. The fourth-order valence-electron chi connectivity index (χ4n) is 1.57. The van der Waals surface area contributed by atoms with Gasteiger partial charge in [0, 0.05) is 31.5 Å². The third-order valence-electron chi connectivity index (χ3n) is 2.48. The van der Waals surface area contributed by atoms with Crippen LogP contribution in [-0.4, -0.2) is 21.3 Å². The van der Waals surface area contributed by atoms with Crippen molar-refractivity contribution in [2.75, 3.05) is 17.3 Å². The number of pyridine rings is 1. The molecule has 0 amide bonds. The molecule has 0 fully saturated rings. The lowest BCUT2D eigenvalue weighted by molar-refractivity contribution is 0.572. The first-order valence-electron chi connectivity index (χ1n) is 5.74. The Morgan fingerprint density at radius 1 is 1.26 bits per heavy atom. The molecule has 4 N–H and O–H groups in total. The third kappa shape index (κ3) is 3.38. The molecule has 2 heterocycles. The van der Waals surface area contributed by atoms with E-state index in [1.54, 1.807) is 10.9 Å². The van der Waals surface area contributed by atoms with Gasteiger partial charge < -0.3 is 10.7 Å². The minimum atomic E-state index is -0.831. The highest BCUT2D eigenvalue weighted by Gasteiger charge is 2.10. The number of rotatable bonds is 6. The van der Waals surface area contributed by atoms with Gasteiger partial charge in [-0.25, -0.2) is 19.6 Å². The molecule has 0 atom stereocenters. The molecule has 0 aromatic carbocycles. The standard InChI is InChI=1S/C11H14F2N6/c12-8-7-9(13)11(18-14)17-10(8)15-3-1-5-19-6-2-4-16-19/h2,4,6-7H,1,3,5,14H2,(H2,15,17,18). The van der Waals surface area contributed by atoms with Crippen LogP contribution in [-0.2, 0) is 6.54 Å². The van der Waals surface area contributed by atoms with Crippen molar-refractivity contribution in [2.45, 2.75) is 13.0 Å². The molecule has 102 valence electrons. The van der Waals surface area contributed by atoms with E-state index in [2.05, 4.69) is 20.8 Å². The molecule has 0 aliphatic heterocycles. The van der Waals surface area contributed by atoms with Gasteiger partial charge in [-0.15, -0.1) is 0 Å². The van der Waals surface area contributed by atoms with Crippen molar-refractivity contribution in [3.8, 4) is 0 Å². The first-order chi connectivity index (χ1) is 9.20. The molecule has 0 saturated carbocycles. The lowest BCUT2D eigenvalue weighted by atomic mass is 10.3. The number of anilines is 2. The Balaban J connectivity index is 1.88. The summed E-state index contributed by atoms with van der Waals surface area (Å²) >= 11 is 0. The van der Waals surface area contributed by atoms with Crippen molar-refractivity contribution in [1.29, 1.82) is 0 Å². The minimum Gasteiger partial charge on any atom is -0.367 e. The molecule has 0 spiro atoms. The number of nitrogens with two attached hydrogens (primary N) is 1. The number of halogens is 2. The molecule has 0 saturated heterocycles. The topological polar surface area (TPSA) is 80.8 Å². The molecule has 2 aromatic rings. The summed E-state index contributed by atoms with van der Waals surface area (Å²) in [4.78, 5) is 3.71. The van der Waals surface area contributed by atoms with Crippen molar-refractivity contribution in [3.05, 3.63) is 36.2 Å². The summed E-state index contributed by atoms with van der Waals surface area (Å²) < 4.78 is 28.3. The van der Waals surface area contributed by atoms with Crippen LogP contribution in [0.25, 0.3) is 0 Å². The molecule has 0 radical (unpaired) electrons.